The zero-order valence-corrected chi connectivity index (χ0v) is 15.4. The van der Waals surface area contributed by atoms with Gasteiger partial charge in [0.05, 0.1) is 31.7 Å². The molecule has 0 radical (unpaired) electrons. The number of ether oxygens (including phenoxy) is 3. The highest BCUT2D eigenvalue weighted by atomic mass is 28.3. The molecule has 1 saturated heterocycles. The highest BCUT2D eigenvalue weighted by molar-refractivity contribution is 6.45. The molecule has 0 amide bonds. The molecule has 6 heteroatoms. The van der Waals surface area contributed by atoms with Gasteiger partial charge in [0.1, 0.15) is 0 Å². The van der Waals surface area contributed by atoms with Crippen molar-refractivity contribution in [3.8, 4) is 0 Å². The first-order valence-electron chi connectivity index (χ1n) is 7.95. The van der Waals surface area contributed by atoms with E-state index >= 15 is 0 Å². The smallest absolute Gasteiger partial charge is 0.350 e. The van der Waals surface area contributed by atoms with Crippen LogP contribution in [-0.4, -0.2) is 61.8 Å². The highest BCUT2D eigenvalue weighted by Crippen LogP contribution is 2.27. The fraction of sp³-hybridized carbons (Fsp3) is 1.00. The Bertz CT molecular complexity index is 269. The van der Waals surface area contributed by atoms with Gasteiger partial charge in [0, 0.05) is 26.2 Å². The van der Waals surface area contributed by atoms with E-state index in [0.29, 0.717) is 6.61 Å². The van der Waals surface area contributed by atoms with Crippen LogP contribution in [0, 0.1) is 5.41 Å². The second kappa shape index (κ2) is 9.92. The maximum Gasteiger partial charge on any atom is 0.350 e. The fourth-order valence-electron chi connectivity index (χ4n) is 2.40. The standard InChI is InChI=1S/C15H32O5Si/c1-6-13(20-12-15(3)10-18-11-15)8-9-19-14(7-2)21(16-4)17-5/h13-14,21H,6-12H2,1-5H3. The van der Waals surface area contributed by atoms with Crippen molar-refractivity contribution in [2.45, 2.75) is 51.9 Å². The number of hydrogen-bond acceptors (Lipinski definition) is 5. The third-order valence-corrected chi connectivity index (χ3v) is 6.17. The quantitative estimate of drug-likeness (QED) is 0.515. The molecule has 0 aromatic heterocycles. The van der Waals surface area contributed by atoms with Crippen molar-refractivity contribution in [3.63, 3.8) is 0 Å². The van der Waals surface area contributed by atoms with Gasteiger partial charge in [-0.2, -0.15) is 0 Å². The Labute approximate surface area is 131 Å². The van der Waals surface area contributed by atoms with Crippen LogP contribution in [0.1, 0.15) is 40.0 Å². The zero-order valence-electron chi connectivity index (χ0n) is 14.2. The van der Waals surface area contributed by atoms with Gasteiger partial charge in [-0.3, -0.25) is 0 Å². The number of hydrogen-bond donors (Lipinski definition) is 0. The topological polar surface area (TPSA) is 46.2 Å². The fourth-order valence-corrected chi connectivity index (χ4v) is 3.88. The molecule has 1 fully saturated rings. The van der Waals surface area contributed by atoms with Crippen LogP contribution in [0.25, 0.3) is 0 Å². The predicted molar refractivity (Wildman–Crippen MR) is 84.8 cm³/mol. The van der Waals surface area contributed by atoms with Crippen molar-refractivity contribution in [1.82, 2.24) is 0 Å². The van der Waals surface area contributed by atoms with Gasteiger partial charge in [-0.05, 0) is 19.3 Å². The Morgan fingerprint density at radius 1 is 1.10 bits per heavy atom. The maximum atomic E-state index is 6.02. The minimum absolute atomic E-state index is 0.107. The normalized spacial score (nSPS) is 20.3. The van der Waals surface area contributed by atoms with Crippen LogP contribution >= 0.6 is 0 Å². The van der Waals surface area contributed by atoms with E-state index in [4.69, 9.17) is 23.1 Å². The van der Waals surface area contributed by atoms with E-state index in [1.165, 1.54) is 0 Å². The molecule has 1 heterocycles. The molecule has 126 valence electrons. The van der Waals surface area contributed by atoms with Crippen LogP contribution < -0.4 is 0 Å². The maximum absolute atomic E-state index is 6.02. The molecule has 1 aliphatic heterocycles. The Balaban J connectivity index is 2.23. The van der Waals surface area contributed by atoms with Gasteiger partial charge in [-0.15, -0.1) is 0 Å². The average molecular weight is 321 g/mol. The lowest BCUT2D eigenvalue weighted by molar-refractivity contribution is -0.151. The second-order valence-corrected chi connectivity index (χ2v) is 8.51. The Morgan fingerprint density at radius 2 is 1.76 bits per heavy atom. The van der Waals surface area contributed by atoms with E-state index in [1.54, 1.807) is 14.2 Å². The minimum Gasteiger partial charge on any atom is -0.398 e. The van der Waals surface area contributed by atoms with Crippen LogP contribution in [0.3, 0.4) is 0 Å². The summed E-state index contributed by atoms with van der Waals surface area (Å²) in [5.74, 6) is 0. The van der Waals surface area contributed by atoms with Crippen LogP contribution in [0.5, 0.6) is 0 Å². The molecule has 0 aromatic carbocycles. The van der Waals surface area contributed by atoms with Crippen molar-refractivity contribution in [3.05, 3.63) is 0 Å². The molecule has 5 nitrogen and oxygen atoms in total. The van der Waals surface area contributed by atoms with Crippen LogP contribution in [0.4, 0.5) is 0 Å². The van der Waals surface area contributed by atoms with Gasteiger partial charge in [-0.1, -0.05) is 20.8 Å². The van der Waals surface area contributed by atoms with Gasteiger partial charge >= 0.3 is 9.28 Å². The molecule has 2 atom stereocenters. The van der Waals surface area contributed by atoms with Crippen LogP contribution in [0.2, 0.25) is 0 Å². The first-order valence-corrected chi connectivity index (χ1v) is 9.56. The van der Waals surface area contributed by atoms with Crippen LogP contribution in [-0.2, 0) is 23.1 Å². The van der Waals surface area contributed by atoms with E-state index in [2.05, 4.69) is 20.8 Å². The molecule has 0 bridgehead atoms. The SMILES string of the molecule is CCC(CCOC(CC)[SiH](OC)OC)OCC1(C)COC1. The van der Waals surface area contributed by atoms with Crippen LogP contribution in [0.15, 0.2) is 0 Å². The molecule has 2 unspecified atom stereocenters. The Morgan fingerprint density at radius 3 is 2.19 bits per heavy atom. The van der Waals surface area contributed by atoms with Gasteiger partial charge in [0.15, 0.2) is 0 Å². The molecular weight excluding hydrogens is 288 g/mol. The molecule has 1 rings (SSSR count). The highest BCUT2D eigenvalue weighted by Gasteiger charge is 2.34. The minimum atomic E-state index is -1.70. The monoisotopic (exact) mass is 320 g/mol. The largest absolute Gasteiger partial charge is 0.398 e. The molecule has 0 spiro atoms. The van der Waals surface area contributed by atoms with E-state index in [-0.39, 0.29) is 17.2 Å². The first-order chi connectivity index (χ1) is 10.1. The van der Waals surface area contributed by atoms with E-state index < -0.39 is 9.28 Å². The van der Waals surface area contributed by atoms with E-state index in [1.807, 2.05) is 0 Å². The molecule has 0 aliphatic carbocycles. The summed E-state index contributed by atoms with van der Waals surface area (Å²) < 4.78 is 28.0. The van der Waals surface area contributed by atoms with Crippen molar-refractivity contribution >= 4 is 9.28 Å². The molecule has 1 aliphatic rings. The lowest BCUT2D eigenvalue weighted by atomic mass is 9.90. The first kappa shape index (κ1) is 19.1. The molecule has 0 saturated carbocycles. The summed E-state index contributed by atoms with van der Waals surface area (Å²) in [5, 5.41) is 0. The zero-order chi connectivity index (χ0) is 15.7. The number of rotatable bonds is 12. The lowest BCUT2D eigenvalue weighted by Crippen LogP contribution is -2.44. The van der Waals surface area contributed by atoms with Gasteiger partial charge < -0.3 is 23.1 Å². The Kier molecular flexibility index (Phi) is 9.00. The average Bonchev–Trinajstić information content (AvgIpc) is 2.47. The molecular formula is C15H32O5Si. The molecule has 0 N–H and O–H groups in total. The van der Waals surface area contributed by atoms with Crippen molar-refractivity contribution in [1.29, 1.82) is 0 Å². The van der Waals surface area contributed by atoms with Gasteiger partial charge in [-0.25, -0.2) is 0 Å². The molecule has 0 aromatic rings. The Hall–Kier alpha value is 0.0169. The summed E-state index contributed by atoms with van der Waals surface area (Å²) >= 11 is 0. The summed E-state index contributed by atoms with van der Waals surface area (Å²) in [7, 11) is 1.70. The van der Waals surface area contributed by atoms with E-state index in [9.17, 15) is 0 Å². The summed E-state index contributed by atoms with van der Waals surface area (Å²) in [5.41, 5.74) is 0.319. The van der Waals surface area contributed by atoms with Gasteiger partial charge in [0.2, 0.25) is 0 Å². The summed E-state index contributed by atoms with van der Waals surface area (Å²) in [6.45, 7) is 9.56. The summed E-state index contributed by atoms with van der Waals surface area (Å²) in [6, 6.07) is 0. The van der Waals surface area contributed by atoms with Gasteiger partial charge in [0.25, 0.3) is 0 Å². The summed E-state index contributed by atoms with van der Waals surface area (Å²) in [4.78, 5) is 0. The van der Waals surface area contributed by atoms with E-state index in [0.717, 1.165) is 39.1 Å². The lowest BCUT2D eigenvalue weighted by Gasteiger charge is -2.38. The van der Waals surface area contributed by atoms with Crippen molar-refractivity contribution in [2.24, 2.45) is 5.41 Å². The predicted octanol–water partition coefficient (Wildman–Crippen LogP) is 2.06. The third-order valence-electron chi connectivity index (χ3n) is 3.97. The summed E-state index contributed by atoms with van der Waals surface area (Å²) in [6.07, 6.45) is 3.10. The second-order valence-electron chi connectivity index (χ2n) is 6.09. The molecule has 21 heavy (non-hydrogen) atoms. The third kappa shape index (κ3) is 6.34. The van der Waals surface area contributed by atoms with Crippen molar-refractivity contribution in [2.75, 3.05) is 40.6 Å². The van der Waals surface area contributed by atoms with Crippen molar-refractivity contribution < 1.29 is 23.1 Å².